The molecule has 0 aliphatic heterocycles. The second-order valence-electron chi connectivity index (χ2n) is 3.98. The number of alkyl halides is 3. The van der Waals surface area contributed by atoms with Crippen molar-refractivity contribution in [1.82, 2.24) is 5.32 Å². The van der Waals surface area contributed by atoms with Gasteiger partial charge in [-0.25, -0.2) is 4.79 Å². The lowest BCUT2D eigenvalue weighted by molar-refractivity contribution is -0.176. The molecular formula is C9H12F3NO3. The third-order valence-corrected chi connectivity index (χ3v) is 2.70. The lowest BCUT2D eigenvalue weighted by Gasteiger charge is -2.21. The number of carboxylic acid groups (broad SMARTS) is 1. The molecule has 0 bridgehead atoms. The van der Waals surface area contributed by atoms with Crippen LogP contribution in [-0.4, -0.2) is 29.2 Å². The number of nitrogens with one attached hydrogen (secondary N) is 1. The van der Waals surface area contributed by atoms with E-state index in [0.29, 0.717) is 0 Å². The van der Waals surface area contributed by atoms with Crippen LogP contribution >= 0.6 is 0 Å². The summed E-state index contributed by atoms with van der Waals surface area (Å²) in [6.07, 6.45) is -3.45. The average Bonchev–Trinajstić information content (AvgIpc) is 2.93. The fourth-order valence-electron chi connectivity index (χ4n) is 1.54. The molecule has 7 heteroatoms. The molecule has 0 aromatic heterocycles. The van der Waals surface area contributed by atoms with Crippen LogP contribution < -0.4 is 5.32 Å². The zero-order valence-corrected chi connectivity index (χ0v) is 8.54. The van der Waals surface area contributed by atoms with Gasteiger partial charge in [0.15, 0.2) is 0 Å². The summed E-state index contributed by atoms with van der Waals surface area (Å²) in [5.41, 5.74) is 0. The molecule has 4 nitrogen and oxygen atoms in total. The highest BCUT2D eigenvalue weighted by molar-refractivity contribution is 5.87. The van der Waals surface area contributed by atoms with Gasteiger partial charge in [0.25, 0.3) is 0 Å². The number of rotatable bonds is 4. The molecule has 16 heavy (non-hydrogen) atoms. The van der Waals surface area contributed by atoms with Crippen molar-refractivity contribution < 1.29 is 27.9 Å². The molecule has 1 saturated carbocycles. The summed E-state index contributed by atoms with van der Waals surface area (Å²) in [6, 6.07) is -1.47. The summed E-state index contributed by atoms with van der Waals surface area (Å²) >= 11 is 0. The van der Waals surface area contributed by atoms with Crippen molar-refractivity contribution in [3.8, 4) is 0 Å². The Hall–Kier alpha value is -1.27. The van der Waals surface area contributed by atoms with Gasteiger partial charge in [0, 0.05) is 0 Å². The second-order valence-corrected chi connectivity index (χ2v) is 3.98. The summed E-state index contributed by atoms with van der Waals surface area (Å²) in [4.78, 5) is 21.4. The number of halogens is 3. The summed E-state index contributed by atoms with van der Waals surface area (Å²) in [7, 11) is 0. The Morgan fingerprint density at radius 3 is 2.19 bits per heavy atom. The summed E-state index contributed by atoms with van der Waals surface area (Å²) in [5, 5.41) is 10.3. The maximum atomic E-state index is 11.9. The van der Waals surface area contributed by atoms with E-state index < -0.39 is 30.0 Å². The predicted molar refractivity (Wildman–Crippen MR) is 47.5 cm³/mol. The van der Waals surface area contributed by atoms with Crippen LogP contribution in [0.2, 0.25) is 0 Å². The number of hydrogen-bond donors (Lipinski definition) is 2. The first kappa shape index (κ1) is 12.8. The first-order valence-corrected chi connectivity index (χ1v) is 4.84. The van der Waals surface area contributed by atoms with Gasteiger partial charge in [-0.05, 0) is 24.7 Å². The van der Waals surface area contributed by atoms with Crippen molar-refractivity contribution in [3.05, 3.63) is 0 Å². The topological polar surface area (TPSA) is 66.4 Å². The third-order valence-electron chi connectivity index (χ3n) is 2.70. The minimum Gasteiger partial charge on any atom is -0.480 e. The molecule has 1 fully saturated rings. The van der Waals surface area contributed by atoms with Crippen LogP contribution in [0.5, 0.6) is 0 Å². The van der Waals surface area contributed by atoms with E-state index in [2.05, 4.69) is 0 Å². The molecule has 1 amide bonds. The quantitative estimate of drug-likeness (QED) is 0.773. The molecule has 0 aromatic rings. The maximum absolute atomic E-state index is 11.9. The van der Waals surface area contributed by atoms with Crippen LogP contribution in [0.15, 0.2) is 0 Å². The number of carbonyl (C=O) groups is 2. The molecule has 2 N–H and O–H groups in total. The first-order valence-electron chi connectivity index (χ1n) is 4.84. The van der Waals surface area contributed by atoms with Crippen molar-refractivity contribution in [3.63, 3.8) is 0 Å². The average molecular weight is 239 g/mol. The molecule has 1 aliphatic carbocycles. The van der Waals surface area contributed by atoms with Crippen LogP contribution in [0.4, 0.5) is 13.2 Å². The molecular weight excluding hydrogens is 227 g/mol. The fraction of sp³-hybridized carbons (Fsp3) is 0.778. The maximum Gasteiger partial charge on any atom is 0.471 e. The largest absolute Gasteiger partial charge is 0.480 e. The van der Waals surface area contributed by atoms with Crippen LogP contribution in [0, 0.1) is 11.8 Å². The van der Waals surface area contributed by atoms with Crippen LogP contribution in [-0.2, 0) is 9.59 Å². The molecule has 0 spiro atoms. The van der Waals surface area contributed by atoms with Crippen molar-refractivity contribution >= 4 is 11.9 Å². The first-order chi connectivity index (χ1) is 7.23. The highest BCUT2D eigenvalue weighted by atomic mass is 19.4. The standard InChI is InChI=1S/C9H12F3NO3/c1-4(5-2-3-5)6(7(14)15)13-8(16)9(10,11)12/h4-6H,2-3H2,1H3,(H,13,16)(H,14,15). The zero-order chi connectivity index (χ0) is 12.5. The molecule has 0 aromatic carbocycles. The monoisotopic (exact) mass is 239 g/mol. The van der Waals surface area contributed by atoms with E-state index in [9.17, 15) is 22.8 Å². The Morgan fingerprint density at radius 1 is 1.38 bits per heavy atom. The number of aliphatic carboxylic acids is 1. The van der Waals surface area contributed by atoms with E-state index >= 15 is 0 Å². The lowest BCUT2D eigenvalue weighted by Crippen LogP contribution is -2.50. The van der Waals surface area contributed by atoms with Gasteiger partial charge in [-0.15, -0.1) is 0 Å². The minimum atomic E-state index is -5.04. The van der Waals surface area contributed by atoms with E-state index in [4.69, 9.17) is 5.11 Å². The Bertz CT molecular complexity index is 299. The van der Waals surface area contributed by atoms with Crippen LogP contribution in [0.25, 0.3) is 0 Å². The second kappa shape index (κ2) is 4.31. The molecule has 0 radical (unpaired) electrons. The number of carboxylic acids is 1. The number of carbonyl (C=O) groups excluding carboxylic acids is 1. The summed E-state index contributed by atoms with van der Waals surface area (Å²) in [6.45, 7) is 1.53. The molecule has 2 atom stereocenters. The van der Waals surface area contributed by atoms with Crippen molar-refractivity contribution in [2.75, 3.05) is 0 Å². The Morgan fingerprint density at radius 2 is 1.88 bits per heavy atom. The Labute approximate surface area is 89.8 Å². The zero-order valence-electron chi connectivity index (χ0n) is 8.54. The lowest BCUT2D eigenvalue weighted by atomic mass is 9.96. The fourth-order valence-corrected chi connectivity index (χ4v) is 1.54. The van der Waals surface area contributed by atoms with E-state index in [0.717, 1.165) is 12.8 Å². The van der Waals surface area contributed by atoms with Crippen molar-refractivity contribution in [2.24, 2.45) is 11.8 Å². The molecule has 92 valence electrons. The van der Waals surface area contributed by atoms with Gasteiger partial charge in [0.2, 0.25) is 0 Å². The Balaban J connectivity index is 2.64. The van der Waals surface area contributed by atoms with Gasteiger partial charge < -0.3 is 10.4 Å². The highest BCUT2D eigenvalue weighted by Crippen LogP contribution is 2.38. The predicted octanol–water partition coefficient (Wildman–Crippen LogP) is 1.16. The number of amides is 1. The van der Waals surface area contributed by atoms with E-state index in [1.165, 1.54) is 12.2 Å². The SMILES string of the molecule is CC(C1CC1)C(NC(=O)C(F)(F)F)C(=O)O. The van der Waals surface area contributed by atoms with Gasteiger partial charge >= 0.3 is 18.1 Å². The van der Waals surface area contributed by atoms with Crippen molar-refractivity contribution in [2.45, 2.75) is 32.0 Å². The highest BCUT2D eigenvalue weighted by Gasteiger charge is 2.44. The van der Waals surface area contributed by atoms with E-state index in [1.807, 2.05) is 0 Å². The summed E-state index contributed by atoms with van der Waals surface area (Å²) in [5.74, 6) is -4.03. The molecule has 1 rings (SSSR count). The van der Waals surface area contributed by atoms with Gasteiger partial charge in [0.1, 0.15) is 6.04 Å². The normalized spacial score (nSPS) is 20.0. The van der Waals surface area contributed by atoms with Crippen LogP contribution in [0.3, 0.4) is 0 Å². The van der Waals surface area contributed by atoms with Gasteiger partial charge in [-0.2, -0.15) is 13.2 Å². The van der Waals surface area contributed by atoms with E-state index in [1.54, 1.807) is 0 Å². The van der Waals surface area contributed by atoms with Gasteiger partial charge in [-0.1, -0.05) is 6.92 Å². The smallest absolute Gasteiger partial charge is 0.471 e. The Kier molecular flexibility index (Phi) is 3.44. The van der Waals surface area contributed by atoms with Gasteiger partial charge in [0.05, 0.1) is 0 Å². The van der Waals surface area contributed by atoms with E-state index in [-0.39, 0.29) is 5.92 Å². The van der Waals surface area contributed by atoms with Crippen LogP contribution in [0.1, 0.15) is 19.8 Å². The molecule has 0 saturated heterocycles. The van der Waals surface area contributed by atoms with Gasteiger partial charge in [-0.3, -0.25) is 4.79 Å². The third kappa shape index (κ3) is 3.11. The molecule has 2 unspecified atom stereocenters. The van der Waals surface area contributed by atoms with Crippen molar-refractivity contribution in [1.29, 1.82) is 0 Å². The summed E-state index contributed by atoms with van der Waals surface area (Å²) < 4.78 is 35.8. The molecule has 1 aliphatic rings. The minimum absolute atomic E-state index is 0.0923. The number of hydrogen-bond acceptors (Lipinski definition) is 2. The molecule has 0 heterocycles.